The Morgan fingerprint density at radius 2 is 1.72 bits per heavy atom. The number of rotatable bonds is 10. The summed E-state index contributed by atoms with van der Waals surface area (Å²) < 4.78 is 15.6. The number of ether oxygens (including phenoxy) is 3. The number of esters is 1. The molecule has 9 nitrogen and oxygen atoms in total. The van der Waals surface area contributed by atoms with Gasteiger partial charge in [0.1, 0.15) is 17.2 Å². The van der Waals surface area contributed by atoms with Crippen molar-refractivity contribution in [1.29, 1.82) is 0 Å². The van der Waals surface area contributed by atoms with Gasteiger partial charge in [0.15, 0.2) is 0 Å². The Balaban J connectivity index is 1.69. The fourth-order valence-corrected chi connectivity index (χ4v) is 3.28. The molecule has 0 saturated heterocycles. The number of amides is 2. The summed E-state index contributed by atoms with van der Waals surface area (Å²) in [5.41, 5.74) is 4.29. The smallest absolute Gasteiger partial charge is 0.354 e. The van der Waals surface area contributed by atoms with Gasteiger partial charge < -0.3 is 14.2 Å². The first-order valence-electron chi connectivity index (χ1n) is 10.2. The predicted molar refractivity (Wildman–Crippen MR) is 118 cm³/mol. The van der Waals surface area contributed by atoms with E-state index in [1.807, 2.05) is 0 Å². The van der Waals surface area contributed by atoms with Crippen LogP contribution in [-0.2, 0) is 9.53 Å². The monoisotopic (exact) mass is 439 g/mol. The van der Waals surface area contributed by atoms with E-state index in [1.54, 1.807) is 56.5 Å². The van der Waals surface area contributed by atoms with Crippen LogP contribution in [0.5, 0.6) is 11.5 Å². The van der Waals surface area contributed by atoms with Crippen LogP contribution < -0.4 is 14.9 Å². The van der Waals surface area contributed by atoms with Gasteiger partial charge in [-0.05, 0) is 37.6 Å². The van der Waals surface area contributed by atoms with E-state index in [1.165, 1.54) is 12.0 Å². The van der Waals surface area contributed by atoms with Crippen molar-refractivity contribution in [1.82, 2.24) is 4.90 Å². The van der Waals surface area contributed by atoms with E-state index in [9.17, 15) is 14.4 Å². The number of imide groups is 1. The summed E-state index contributed by atoms with van der Waals surface area (Å²) in [6.07, 6.45) is 0.558. The molecule has 0 aliphatic carbocycles. The molecule has 0 saturated carbocycles. The summed E-state index contributed by atoms with van der Waals surface area (Å²) >= 11 is 0. The van der Waals surface area contributed by atoms with Gasteiger partial charge in [0, 0.05) is 19.0 Å². The molecule has 9 heteroatoms. The van der Waals surface area contributed by atoms with Gasteiger partial charge in [0.2, 0.25) is 0 Å². The molecule has 168 valence electrons. The van der Waals surface area contributed by atoms with Crippen LogP contribution in [0, 0.1) is 0 Å². The summed E-state index contributed by atoms with van der Waals surface area (Å²) in [4.78, 5) is 38.5. The number of carbonyl (C=O) groups excluding carboxylic acids is 3. The highest BCUT2D eigenvalue weighted by molar-refractivity contribution is 6.36. The number of anilines is 1. The van der Waals surface area contributed by atoms with Crippen molar-refractivity contribution >= 4 is 29.2 Å². The van der Waals surface area contributed by atoms with Crippen molar-refractivity contribution in [3.63, 3.8) is 0 Å². The van der Waals surface area contributed by atoms with Crippen LogP contribution >= 0.6 is 0 Å². The Hall–Kier alpha value is -3.88. The lowest BCUT2D eigenvalue weighted by Gasteiger charge is -2.14. The highest BCUT2D eigenvalue weighted by Gasteiger charge is 2.34. The summed E-state index contributed by atoms with van der Waals surface area (Å²) in [6.45, 7) is 2.06. The molecule has 32 heavy (non-hydrogen) atoms. The minimum absolute atomic E-state index is 0.140. The molecule has 2 aromatic carbocycles. The molecule has 0 spiro atoms. The predicted octanol–water partition coefficient (Wildman–Crippen LogP) is 3.11. The first-order valence-corrected chi connectivity index (χ1v) is 10.2. The molecule has 2 aromatic rings. The minimum atomic E-state index is -0.574. The Morgan fingerprint density at radius 1 is 1.03 bits per heavy atom. The second-order valence-electron chi connectivity index (χ2n) is 6.87. The zero-order chi connectivity index (χ0) is 23.1. The van der Waals surface area contributed by atoms with E-state index >= 15 is 0 Å². The van der Waals surface area contributed by atoms with Crippen LogP contribution in [0.4, 0.5) is 5.69 Å². The Bertz CT molecular complexity index is 1010. The van der Waals surface area contributed by atoms with Crippen LogP contribution in [0.15, 0.2) is 47.6 Å². The third-order valence-electron chi connectivity index (χ3n) is 4.90. The van der Waals surface area contributed by atoms with Gasteiger partial charge in [-0.25, -0.2) is 4.79 Å². The molecule has 1 heterocycles. The standard InChI is InChI=1S/C23H25N3O6/c1-4-32-23(29)19(25-24-18-12-11-15(30-2)14-20(18)31-3)10-7-13-26-21(27)16-8-5-6-9-17(16)22(26)28/h5-6,8-9,11-12,14,24H,4,7,10,13H2,1-3H3. The normalized spacial score (nSPS) is 13.1. The lowest BCUT2D eigenvalue weighted by Crippen LogP contribution is -2.31. The van der Waals surface area contributed by atoms with Crippen molar-refractivity contribution in [2.75, 3.05) is 32.8 Å². The average Bonchev–Trinajstić information content (AvgIpc) is 3.06. The molecule has 1 N–H and O–H groups in total. The summed E-state index contributed by atoms with van der Waals surface area (Å²) in [7, 11) is 3.06. The Morgan fingerprint density at radius 3 is 2.31 bits per heavy atom. The van der Waals surface area contributed by atoms with Crippen molar-refractivity contribution in [2.45, 2.75) is 19.8 Å². The highest BCUT2D eigenvalue weighted by atomic mass is 16.5. The zero-order valence-corrected chi connectivity index (χ0v) is 18.2. The van der Waals surface area contributed by atoms with Crippen molar-refractivity contribution < 1.29 is 28.6 Å². The van der Waals surface area contributed by atoms with Crippen LogP contribution in [0.25, 0.3) is 0 Å². The van der Waals surface area contributed by atoms with E-state index in [0.29, 0.717) is 34.7 Å². The lowest BCUT2D eigenvalue weighted by molar-refractivity contribution is -0.135. The number of nitrogens with one attached hydrogen (secondary N) is 1. The SMILES string of the molecule is CCOC(=O)C(CCCN1C(=O)c2ccccc2C1=O)=NNc1ccc(OC)cc1OC. The van der Waals surface area contributed by atoms with Crippen molar-refractivity contribution in [2.24, 2.45) is 5.10 Å². The quantitative estimate of drug-likeness (QED) is 0.262. The summed E-state index contributed by atoms with van der Waals surface area (Å²) in [5, 5.41) is 4.20. The molecule has 0 atom stereocenters. The minimum Gasteiger partial charge on any atom is -0.497 e. The Kier molecular flexibility index (Phi) is 7.43. The zero-order valence-electron chi connectivity index (χ0n) is 18.2. The lowest BCUT2D eigenvalue weighted by atomic mass is 10.1. The number of methoxy groups -OCH3 is 2. The van der Waals surface area contributed by atoms with E-state index in [4.69, 9.17) is 14.2 Å². The Labute approximate surface area is 185 Å². The third-order valence-corrected chi connectivity index (χ3v) is 4.90. The molecule has 0 radical (unpaired) electrons. The van der Waals surface area contributed by atoms with Gasteiger partial charge in [-0.1, -0.05) is 12.1 Å². The van der Waals surface area contributed by atoms with Crippen molar-refractivity contribution in [3.8, 4) is 11.5 Å². The van der Waals surface area contributed by atoms with Gasteiger partial charge in [0.05, 0.1) is 37.6 Å². The molecular weight excluding hydrogens is 414 g/mol. The van der Waals surface area contributed by atoms with E-state index in [0.717, 1.165) is 0 Å². The first kappa shape index (κ1) is 22.8. The first-order chi connectivity index (χ1) is 15.5. The number of nitrogens with zero attached hydrogens (tertiary/aromatic N) is 2. The molecule has 0 unspecified atom stereocenters. The molecule has 2 amide bonds. The summed E-state index contributed by atoms with van der Waals surface area (Å²) in [5.74, 6) is -0.136. The highest BCUT2D eigenvalue weighted by Crippen LogP contribution is 2.29. The summed E-state index contributed by atoms with van der Waals surface area (Å²) in [6, 6.07) is 11.8. The second kappa shape index (κ2) is 10.4. The fourth-order valence-electron chi connectivity index (χ4n) is 3.28. The van der Waals surface area contributed by atoms with Gasteiger partial charge in [-0.2, -0.15) is 5.10 Å². The van der Waals surface area contributed by atoms with Crippen molar-refractivity contribution in [3.05, 3.63) is 53.6 Å². The topological polar surface area (TPSA) is 107 Å². The van der Waals surface area contributed by atoms with Gasteiger partial charge in [-0.3, -0.25) is 19.9 Å². The molecule has 1 aliphatic heterocycles. The molecule has 3 rings (SSSR count). The number of carbonyl (C=O) groups is 3. The molecule has 0 fully saturated rings. The number of hydrazone groups is 1. The number of fused-ring (bicyclic) bond motifs is 1. The maximum Gasteiger partial charge on any atom is 0.354 e. The maximum absolute atomic E-state index is 12.5. The molecule has 0 bridgehead atoms. The van der Waals surface area contributed by atoms with E-state index < -0.39 is 5.97 Å². The van der Waals surface area contributed by atoms with Gasteiger partial charge in [-0.15, -0.1) is 0 Å². The van der Waals surface area contributed by atoms with Gasteiger partial charge >= 0.3 is 5.97 Å². The number of hydrogen-bond donors (Lipinski definition) is 1. The number of benzene rings is 2. The van der Waals surface area contributed by atoms with Crippen LogP contribution in [0.3, 0.4) is 0 Å². The maximum atomic E-state index is 12.5. The number of hydrogen-bond acceptors (Lipinski definition) is 8. The van der Waals surface area contributed by atoms with E-state index in [2.05, 4.69) is 10.5 Å². The van der Waals surface area contributed by atoms with Crippen LogP contribution in [0.2, 0.25) is 0 Å². The second-order valence-corrected chi connectivity index (χ2v) is 6.87. The largest absolute Gasteiger partial charge is 0.497 e. The third kappa shape index (κ3) is 4.88. The molecule has 0 aromatic heterocycles. The molecular formula is C23H25N3O6. The fraction of sp³-hybridized carbons (Fsp3) is 0.304. The molecule has 1 aliphatic rings. The van der Waals surface area contributed by atoms with E-state index in [-0.39, 0.29) is 37.1 Å². The van der Waals surface area contributed by atoms with Crippen LogP contribution in [0.1, 0.15) is 40.5 Å². The van der Waals surface area contributed by atoms with Gasteiger partial charge in [0.25, 0.3) is 11.8 Å². The average molecular weight is 439 g/mol. The van der Waals surface area contributed by atoms with Crippen LogP contribution in [-0.4, -0.2) is 55.8 Å².